The van der Waals surface area contributed by atoms with Gasteiger partial charge in [-0.25, -0.2) is 14.2 Å². The number of hydrogen-bond donors (Lipinski definition) is 2. The molecule has 3 aliphatic rings. The monoisotopic (exact) mass is 372 g/mol. The molecule has 8 heteroatoms. The van der Waals surface area contributed by atoms with Gasteiger partial charge in [0.1, 0.15) is 0 Å². The molecule has 0 radical (unpaired) electrons. The highest BCUT2D eigenvalue weighted by Crippen LogP contribution is 2.44. The van der Waals surface area contributed by atoms with Gasteiger partial charge in [0.05, 0.1) is 23.1 Å². The van der Waals surface area contributed by atoms with Gasteiger partial charge in [-0.1, -0.05) is 0 Å². The molecular weight excluding hydrogens is 351 g/mol. The predicted octanol–water partition coefficient (Wildman–Crippen LogP) is 1.65. The van der Waals surface area contributed by atoms with Crippen molar-refractivity contribution in [2.75, 3.05) is 11.4 Å². The Balaban J connectivity index is 1.85. The SMILES string of the molecule is N[C@H]1C[C@H]2CCCc3c(c(F)cn4c(=O)c(C(=O)O)nc(C5CC5)c34)N2C1. The summed E-state index contributed by atoms with van der Waals surface area (Å²) in [7, 11) is 0. The number of aromatic nitrogens is 2. The molecule has 5 rings (SSSR count). The maximum atomic E-state index is 15.2. The average Bonchev–Trinajstić information content (AvgIpc) is 3.40. The summed E-state index contributed by atoms with van der Waals surface area (Å²) in [6, 6.07) is 0.217. The third kappa shape index (κ3) is 2.46. The number of nitrogens with two attached hydrogens (primary N) is 1. The molecule has 2 aliphatic heterocycles. The highest BCUT2D eigenvalue weighted by atomic mass is 19.1. The molecule has 0 spiro atoms. The normalized spacial score (nSPS) is 24.6. The first kappa shape index (κ1) is 16.7. The third-order valence-corrected chi connectivity index (χ3v) is 6.04. The fraction of sp³-hybridized carbons (Fsp3) is 0.526. The number of fused-ring (bicyclic) bond motifs is 5. The third-order valence-electron chi connectivity index (χ3n) is 6.04. The number of aryl methyl sites for hydroxylation is 1. The molecule has 2 fully saturated rings. The second-order valence-electron chi connectivity index (χ2n) is 7.95. The fourth-order valence-electron chi connectivity index (χ4n) is 4.76. The van der Waals surface area contributed by atoms with E-state index in [0.29, 0.717) is 29.9 Å². The zero-order valence-electron chi connectivity index (χ0n) is 14.8. The molecule has 2 atom stereocenters. The van der Waals surface area contributed by atoms with Gasteiger partial charge in [-0.3, -0.25) is 9.20 Å². The molecule has 4 heterocycles. The number of hydrogen-bond acceptors (Lipinski definition) is 5. The minimum Gasteiger partial charge on any atom is -0.476 e. The average molecular weight is 372 g/mol. The largest absolute Gasteiger partial charge is 0.476 e. The standard InChI is InChI=1S/C19H21FN4O3/c20-13-8-24-17(14(9-4-5-9)22-15(18(24)25)19(26)27)12-3-1-2-11-6-10(21)7-23(11)16(12)13/h8-11H,1-7,21H2,(H,26,27)/t10-,11+/m0/s1. The van der Waals surface area contributed by atoms with Gasteiger partial charge in [0.2, 0.25) is 5.69 Å². The quantitative estimate of drug-likeness (QED) is 0.831. The molecule has 1 saturated carbocycles. The van der Waals surface area contributed by atoms with E-state index in [-0.39, 0.29) is 18.0 Å². The van der Waals surface area contributed by atoms with E-state index in [1.54, 1.807) is 0 Å². The Labute approximate surface area is 154 Å². The molecule has 0 bridgehead atoms. The van der Waals surface area contributed by atoms with Crippen LogP contribution in [0.2, 0.25) is 0 Å². The molecule has 0 amide bonds. The zero-order valence-corrected chi connectivity index (χ0v) is 14.8. The first-order valence-corrected chi connectivity index (χ1v) is 9.49. The summed E-state index contributed by atoms with van der Waals surface area (Å²) >= 11 is 0. The Morgan fingerprint density at radius 3 is 2.81 bits per heavy atom. The molecule has 2 aromatic heterocycles. The van der Waals surface area contributed by atoms with Crippen LogP contribution < -0.4 is 16.2 Å². The van der Waals surface area contributed by atoms with E-state index in [0.717, 1.165) is 43.9 Å². The second-order valence-corrected chi connectivity index (χ2v) is 7.95. The molecule has 142 valence electrons. The van der Waals surface area contributed by atoms with Crippen LogP contribution >= 0.6 is 0 Å². The Kier molecular flexibility index (Phi) is 3.56. The van der Waals surface area contributed by atoms with E-state index in [9.17, 15) is 14.7 Å². The number of carbonyl (C=O) groups is 1. The molecule has 0 unspecified atom stereocenters. The van der Waals surface area contributed by atoms with Crippen molar-refractivity contribution >= 4 is 17.2 Å². The summed E-state index contributed by atoms with van der Waals surface area (Å²) in [5, 5.41) is 9.37. The number of nitrogens with zero attached hydrogens (tertiary/aromatic N) is 3. The van der Waals surface area contributed by atoms with Gasteiger partial charge in [-0.2, -0.15) is 0 Å². The lowest BCUT2D eigenvalue weighted by Crippen LogP contribution is -2.32. The smallest absolute Gasteiger partial charge is 0.360 e. The lowest BCUT2D eigenvalue weighted by Gasteiger charge is -2.27. The van der Waals surface area contributed by atoms with Crippen molar-refractivity contribution in [2.45, 2.75) is 56.5 Å². The molecule has 1 aliphatic carbocycles. The predicted molar refractivity (Wildman–Crippen MR) is 97.0 cm³/mol. The van der Waals surface area contributed by atoms with Crippen LogP contribution in [0.4, 0.5) is 10.1 Å². The first-order chi connectivity index (χ1) is 13.0. The number of aromatic carboxylic acids is 1. The summed E-state index contributed by atoms with van der Waals surface area (Å²) in [6.07, 6.45) is 6.24. The van der Waals surface area contributed by atoms with Crippen LogP contribution in [0.15, 0.2) is 11.0 Å². The second kappa shape index (κ2) is 5.76. The van der Waals surface area contributed by atoms with Crippen molar-refractivity contribution in [3.63, 3.8) is 0 Å². The van der Waals surface area contributed by atoms with Crippen LogP contribution in [0, 0.1) is 5.82 Å². The molecule has 3 N–H and O–H groups in total. The molecule has 2 aromatic rings. The number of anilines is 1. The summed E-state index contributed by atoms with van der Waals surface area (Å²) in [6.45, 7) is 0.592. The number of carboxylic acids is 1. The maximum Gasteiger partial charge on any atom is 0.360 e. The Morgan fingerprint density at radius 2 is 2.11 bits per heavy atom. The van der Waals surface area contributed by atoms with Gasteiger partial charge in [0, 0.05) is 30.1 Å². The highest BCUT2D eigenvalue weighted by Gasteiger charge is 2.38. The van der Waals surface area contributed by atoms with Crippen molar-refractivity contribution in [3.05, 3.63) is 39.3 Å². The van der Waals surface area contributed by atoms with E-state index >= 15 is 4.39 Å². The fourth-order valence-corrected chi connectivity index (χ4v) is 4.76. The molecule has 1 saturated heterocycles. The molecule has 27 heavy (non-hydrogen) atoms. The number of rotatable bonds is 2. The lowest BCUT2D eigenvalue weighted by atomic mass is 10.0. The van der Waals surface area contributed by atoms with E-state index in [4.69, 9.17) is 5.73 Å². The van der Waals surface area contributed by atoms with Gasteiger partial charge in [-0.05, 0) is 38.5 Å². The van der Waals surface area contributed by atoms with Crippen molar-refractivity contribution < 1.29 is 14.3 Å². The van der Waals surface area contributed by atoms with E-state index in [1.807, 2.05) is 0 Å². The zero-order chi connectivity index (χ0) is 18.9. The summed E-state index contributed by atoms with van der Waals surface area (Å²) in [4.78, 5) is 30.5. The summed E-state index contributed by atoms with van der Waals surface area (Å²) < 4.78 is 16.4. The van der Waals surface area contributed by atoms with Gasteiger partial charge >= 0.3 is 5.97 Å². The number of pyridine rings is 1. The maximum absolute atomic E-state index is 15.2. The van der Waals surface area contributed by atoms with Crippen LogP contribution in [-0.4, -0.2) is 39.1 Å². The Bertz CT molecular complexity index is 1030. The Morgan fingerprint density at radius 1 is 1.33 bits per heavy atom. The van der Waals surface area contributed by atoms with Crippen molar-refractivity contribution in [1.29, 1.82) is 0 Å². The van der Waals surface area contributed by atoms with E-state index in [2.05, 4.69) is 9.88 Å². The van der Waals surface area contributed by atoms with Crippen molar-refractivity contribution in [1.82, 2.24) is 9.38 Å². The Hall–Kier alpha value is -2.48. The first-order valence-electron chi connectivity index (χ1n) is 9.49. The number of halogens is 1. The van der Waals surface area contributed by atoms with Gasteiger partial charge in [0.25, 0.3) is 5.56 Å². The van der Waals surface area contributed by atoms with Crippen LogP contribution in [0.25, 0.3) is 5.52 Å². The molecule has 0 aromatic carbocycles. The van der Waals surface area contributed by atoms with Crippen molar-refractivity contribution in [2.24, 2.45) is 5.73 Å². The lowest BCUT2D eigenvalue weighted by molar-refractivity contribution is 0.0687. The highest BCUT2D eigenvalue weighted by molar-refractivity contribution is 5.86. The van der Waals surface area contributed by atoms with Crippen LogP contribution in [-0.2, 0) is 6.42 Å². The summed E-state index contributed by atoms with van der Waals surface area (Å²) in [5.41, 5.74) is 7.34. The molecular formula is C19H21FN4O3. The van der Waals surface area contributed by atoms with Crippen molar-refractivity contribution in [3.8, 4) is 0 Å². The summed E-state index contributed by atoms with van der Waals surface area (Å²) in [5.74, 6) is -1.74. The van der Waals surface area contributed by atoms with E-state index < -0.39 is 23.0 Å². The topological polar surface area (TPSA) is 101 Å². The van der Waals surface area contributed by atoms with Gasteiger partial charge < -0.3 is 15.7 Å². The molecule has 7 nitrogen and oxygen atoms in total. The minimum atomic E-state index is -1.38. The van der Waals surface area contributed by atoms with Gasteiger partial charge in [-0.15, -0.1) is 0 Å². The number of carboxylic acid groups (broad SMARTS) is 1. The van der Waals surface area contributed by atoms with Crippen LogP contribution in [0.1, 0.15) is 59.8 Å². The van der Waals surface area contributed by atoms with Gasteiger partial charge in [0.15, 0.2) is 5.82 Å². The van der Waals surface area contributed by atoms with Crippen LogP contribution in [0.3, 0.4) is 0 Å². The van der Waals surface area contributed by atoms with Crippen LogP contribution in [0.5, 0.6) is 0 Å². The van der Waals surface area contributed by atoms with E-state index in [1.165, 1.54) is 4.40 Å². The minimum absolute atomic E-state index is 0.00850.